The van der Waals surface area contributed by atoms with Gasteiger partial charge < -0.3 is 5.32 Å². The number of nitrogens with one attached hydrogen (secondary N) is 1. The van der Waals surface area contributed by atoms with E-state index in [4.69, 9.17) is 0 Å². The Hall–Kier alpha value is -1.20. The number of nitrogens with zero attached hydrogens (tertiary/aromatic N) is 1. The van der Waals surface area contributed by atoms with Crippen LogP contribution in [0.2, 0.25) is 0 Å². The van der Waals surface area contributed by atoms with E-state index < -0.39 is 0 Å². The van der Waals surface area contributed by atoms with Gasteiger partial charge in [-0.05, 0) is 47.1 Å². The van der Waals surface area contributed by atoms with Crippen LogP contribution in [0, 0.1) is 6.92 Å². The molecule has 0 saturated carbocycles. The molecule has 1 amide bonds. The molecule has 18 heavy (non-hydrogen) atoms. The summed E-state index contributed by atoms with van der Waals surface area (Å²) in [6.07, 6.45) is 1.63. The predicted octanol–water partition coefficient (Wildman–Crippen LogP) is 4.17. The molecule has 92 valence electrons. The summed E-state index contributed by atoms with van der Waals surface area (Å²) in [6, 6.07) is 9.19. The second-order valence-electron chi connectivity index (χ2n) is 3.80. The highest BCUT2D eigenvalue weighted by Crippen LogP contribution is 2.20. The van der Waals surface area contributed by atoms with Gasteiger partial charge in [-0.15, -0.1) is 0 Å². The minimum absolute atomic E-state index is 0.184. The Balaban J connectivity index is 2.24. The average molecular weight is 370 g/mol. The van der Waals surface area contributed by atoms with Crippen molar-refractivity contribution in [3.63, 3.8) is 0 Å². The van der Waals surface area contributed by atoms with E-state index in [-0.39, 0.29) is 5.91 Å². The number of benzene rings is 1. The maximum absolute atomic E-state index is 12.1. The fraction of sp³-hybridized carbons (Fsp3) is 0.0769. The Morgan fingerprint density at radius 2 is 2.00 bits per heavy atom. The Morgan fingerprint density at radius 1 is 1.22 bits per heavy atom. The molecule has 2 rings (SSSR count). The van der Waals surface area contributed by atoms with Crippen molar-refractivity contribution in [2.75, 3.05) is 5.32 Å². The van der Waals surface area contributed by atoms with E-state index >= 15 is 0 Å². The van der Waals surface area contributed by atoms with Crippen molar-refractivity contribution in [2.45, 2.75) is 6.92 Å². The molecule has 0 saturated heterocycles. The highest BCUT2D eigenvalue weighted by Gasteiger charge is 2.11. The number of pyridine rings is 1. The largest absolute Gasteiger partial charge is 0.306 e. The molecule has 5 heteroatoms. The zero-order chi connectivity index (χ0) is 13.1. The molecule has 0 bridgehead atoms. The van der Waals surface area contributed by atoms with Gasteiger partial charge in [-0.1, -0.05) is 27.6 Å². The summed E-state index contributed by atoms with van der Waals surface area (Å²) >= 11 is 6.70. The van der Waals surface area contributed by atoms with Gasteiger partial charge in [0.2, 0.25) is 0 Å². The second-order valence-corrected chi connectivity index (χ2v) is 5.57. The van der Waals surface area contributed by atoms with Gasteiger partial charge in [-0.25, -0.2) is 4.98 Å². The standard InChI is InChI=1S/C13H10Br2N2O/c1-8-2-3-11(15)10(6-8)13(18)17-12-7-9(14)4-5-16-12/h2-7H,1H3,(H,16,17,18). The topological polar surface area (TPSA) is 42.0 Å². The van der Waals surface area contributed by atoms with Gasteiger partial charge in [0.25, 0.3) is 5.91 Å². The van der Waals surface area contributed by atoms with Crippen LogP contribution in [0.15, 0.2) is 45.5 Å². The maximum Gasteiger partial charge on any atom is 0.257 e. The molecule has 0 unspecified atom stereocenters. The zero-order valence-corrected chi connectivity index (χ0v) is 12.7. The molecule has 0 radical (unpaired) electrons. The van der Waals surface area contributed by atoms with Crippen molar-refractivity contribution in [2.24, 2.45) is 0 Å². The molecule has 0 aliphatic carbocycles. The number of aryl methyl sites for hydroxylation is 1. The second kappa shape index (κ2) is 5.63. The number of halogens is 2. The van der Waals surface area contributed by atoms with Crippen molar-refractivity contribution in [3.05, 3.63) is 56.6 Å². The first-order valence-electron chi connectivity index (χ1n) is 5.25. The van der Waals surface area contributed by atoms with Gasteiger partial charge in [0.15, 0.2) is 0 Å². The number of rotatable bonds is 2. The molecule has 1 N–H and O–H groups in total. The van der Waals surface area contributed by atoms with Crippen LogP contribution >= 0.6 is 31.9 Å². The van der Waals surface area contributed by atoms with Gasteiger partial charge in [-0.3, -0.25) is 4.79 Å². The lowest BCUT2D eigenvalue weighted by Crippen LogP contribution is -2.13. The number of aromatic nitrogens is 1. The van der Waals surface area contributed by atoms with Gasteiger partial charge in [0, 0.05) is 15.1 Å². The minimum atomic E-state index is -0.184. The zero-order valence-electron chi connectivity index (χ0n) is 9.58. The van der Waals surface area contributed by atoms with Crippen LogP contribution in [0.5, 0.6) is 0 Å². The molecular formula is C13H10Br2N2O. The third-order valence-electron chi connectivity index (χ3n) is 2.33. The highest BCUT2D eigenvalue weighted by atomic mass is 79.9. The molecule has 0 atom stereocenters. The molecule has 1 heterocycles. The lowest BCUT2D eigenvalue weighted by atomic mass is 10.1. The van der Waals surface area contributed by atoms with Crippen LogP contribution in [0.25, 0.3) is 0 Å². The van der Waals surface area contributed by atoms with E-state index in [2.05, 4.69) is 42.2 Å². The number of anilines is 1. The quantitative estimate of drug-likeness (QED) is 0.863. The predicted molar refractivity (Wildman–Crippen MR) is 78.8 cm³/mol. The third-order valence-corrected chi connectivity index (χ3v) is 3.51. The van der Waals surface area contributed by atoms with Crippen molar-refractivity contribution >= 4 is 43.6 Å². The molecule has 2 aromatic rings. The molecule has 0 aliphatic rings. The molecule has 0 fully saturated rings. The molecule has 0 spiro atoms. The van der Waals surface area contributed by atoms with E-state index in [0.29, 0.717) is 11.4 Å². The number of hydrogen-bond acceptors (Lipinski definition) is 2. The summed E-state index contributed by atoms with van der Waals surface area (Å²) in [5.74, 6) is 0.332. The van der Waals surface area contributed by atoms with Crippen LogP contribution < -0.4 is 5.32 Å². The van der Waals surface area contributed by atoms with Gasteiger partial charge in [0.1, 0.15) is 5.82 Å². The van der Waals surface area contributed by atoms with E-state index in [9.17, 15) is 4.79 Å². The minimum Gasteiger partial charge on any atom is -0.306 e. The molecule has 3 nitrogen and oxygen atoms in total. The Labute approximate surface area is 122 Å². The Morgan fingerprint density at radius 3 is 2.72 bits per heavy atom. The van der Waals surface area contributed by atoms with Crippen molar-refractivity contribution in [3.8, 4) is 0 Å². The van der Waals surface area contributed by atoms with Crippen LogP contribution in [0.1, 0.15) is 15.9 Å². The van der Waals surface area contributed by atoms with Gasteiger partial charge >= 0.3 is 0 Å². The van der Waals surface area contributed by atoms with Gasteiger partial charge in [-0.2, -0.15) is 0 Å². The SMILES string of the molecule is Cc1ccc(Br)c(C(=O)Nc2cc(Br)ccn2)c1. The van der Waals surface area contributed by atoms with Crippen molar-refractivity contribution in [1.29, 1.82) is 0 Å². The number of carbonyl (C=O) groups excluding carboxylic acids is 1. The summed E-state index contributed by atoms with van der Waals surface area (Å²) in [4.78, 5) is 16.2. The van der Waals surface area contributed by atoms with Gasteiger partial charge in [0.05, 0.1) is 5.56 Å². The summed E-state index contributed by atoms with van der Waals surface area (Å²) in [7, 11) is 0. The smallest absolute Gasteiger partial charge is 0.257 e. The van der Waals surface area contributed by atoms with Crippen molar-refractivity contribution in [1.82, 2.24) is 4.98 Å². The monoisotopic (exact) mass is 368 g/mol. The summed E-state index contributed by atoms with van der Waals surface area (Å²) in [5, 5.41) is 2.76. The lowest BCUT2D eigenvalue weighted by molar-refractivity contribution is 0.102. The van der Waals surface area contributed by atoms with Crippen LogP contribution in [-0.4, -0.2) is 10.9 Å². The summed E-state index contributed by atoms with van der Waals surface area (Å²) < 4.78 is 1.64. The highest BCUT2D eigenvalue weighted by molar-refractivity contribution is 9.10. The Bertz CT molecular complexity index is 599. The van der Waals surface area contributed by atoms with Crippen LogP contribution in [0.3, 0.4) is 0 Å². The summed E-state index contributed by atoms with van der Waals surface area (Å²) in [5.41, 5.74) is 1.63. The van der Waals surface area contributed by atoms with E-state index in [1.165, 1.54) is 0 Å². The molecule has 0 aliphatic heterocycles. The third kappa shape index (κ3) is 3.17. The fourth-order valence-electron chi connectivity index (χ4n) is 1.47. The average Bonchev–Trinajstić information content (AvgIpc) is 2.32. The number of hydrogen-bond donors (Lipinski definition) is 1. The summed E-state index contributed by atoms with van der Waals surface area (Å²) in [6.45, 7) is 1.95. The first kappa shape index (κ1) is 13.2. The van der Waals surface area contributed by atoms with E-state index in [0.717, 1.165) is 14.5 Å². The first-order chi connectivity index (χ1) is 8.56. The Kier molecular flexibility index (Phi) is 4.14. The van der Waals surface area contributed by atoms with Crippen molar-refractivity contribution < 1.29 is 4.79 Å². The molecular weight excluding hydrogens is 360 g/mol. The molecule has 1 aromatic heterocycles. The number of carbonyl (C=O) groups is 1. The van der Waals surface area contributed by atoms with E-state index in [1.54, 1.807) is 18.3 Å². The van der Waals surface area contributed by atoms with E-state index in [1.807, 2.05) is 25.1 Å². The van der Waals surface area contributed by atoms with Crippen LogP contribution in [-0.2, 0) is 0 Å². The lowest BCUT2D eigenvalue weighted by Gasteiger charge is -2.07. The first-order valence-corrected chi connectivity index (χ1v) is 6.84. The maximum atomic E-state index is 12.1. The molecule has 1 aromatic carbocycles. The fourth-order valence-corrected chi connectivity index (χ4v) is 2.23. The number of amides is 1. The normalized spacial score (nSPS) is 10.2. The van der Waals surface area contributed by atoms with Crippen LogP contribution in [0.4, 0.5) is 5.82 Å².